The summed E-state index contributed by atoms with van der Waals surface area (Å²) >= 11 is 0. The largest absolute Gasteiger partial charge is 0.445 e. The minimum atomic E-state index is -0.684. The molecule has 0 aliphatic heterocycles. The van der Waals surface area contributed by atoms with Crippen LogP contribution in [0.4, 0.5) is 4.79 Å². The van der Waals surface area contributed by atoms with Gasteiger partial charge in [-0.2, -0.15) is 0 Å². The number of nitrogens with zero attached hydrogens (tertiary/aromatic N) is 2. The van der Waals surface area contributed by atoms with Crippen molar-refractivity contribution in [2.45, 2.75) is 13.0 Å². The van der Waals surface area contributed by atoms with Gasteiger partial charge < -0.3 is 9.84 Å². The lowest BCUT2D eigenvalue weighted by Crippen LogP contribution is -2.31. The van der Waals surface area contributed by atoms with Crippen LogP contribution in [-0.2, 0) is 4.74 Å². The first kappa shape index (κ1) is 10.2. The zero-order chi connectivity index (χ0) is 8.85. The quantitative estimate of drug-likeness (QED) is 0.571. The third kappa shape index (κ3) is 7.08. The van der Waals surface area contributed by atoms with Crippen LogP contribution in [0.25, 0.3) is 0 Å². The summed E-state index contributed by atoms with van der Waals surface area (Å²) in [4.78, 5) is 10.6. The maximum atomic E-state index is 10.6. The van der Waals surface area contributed by atoms with E-state index >= 15 is 0 Å². The number of amides is 1. The van der Waals surface area contributed by atoms with E-state index in [1.54, 1.807) is 14.1 Å². The van der Waals surface area contributed by atoms with Crippen molar-refractivity contribution in [1.82, 2.24) is 10.4 Å². The van der Waals surface area contributed by atoms with Crippen molar-refractivity contribution in [3.05, 3.63) is 0 Å². The molecule has 5 heteroatoms. The summed E-state index contributed by atoms with van der Waals surface area (Å²) < 4.78 is 4.52. The standard InChI is InChI=1S/C6H13N2O3/c1-5(9)4-11-6(10)7-8(2)3/h5,9H,4H2,1-3H3. The highest BCUT2D eigenvalue weighted by molar-refractivity contribution is 5.66. The predicted molar refractivity (Wildman–Crippen MR) is 38.8 cm³/mol. The summed E-state index contributed by atoms with van der Waals surface area (Å²) in [7, 11) is 3.23. The van der Waals surface area contributed by atoms with Crippen molar-refractivity contribution in [3.8, 4) is 0 Å². The Hall–Kier alpha value is -0.810. The Morgan fingerprint density at radius 1 is 1.73 bits per heavy atom. The van der Waals surface area contributed by atoms with Crippen LogP contribution in [0.2, 0.25) is 0 Å². The van der Waals surface area contributed by atoms with Gasteiger partial charge in [-0.05, 0) is 6.92 Å². The first-order valence-corrected chi connectivity index (χ1v) is 3.26. The fourth-order valence-electron chi connectivity index (χ4n) is 0.384. The van der Waals surface area contributed by atoms with Crippen molar-refractivity contribution in [1.29, 1.82) is 0 Å². The second-order valence-corrected chi connectivity index (χ2v) is 2.37. The van der Waals surface area contributed by atoms with Crippen LogP contribution in [0.5, 0.6) is 0 Å². The summed E-state index contributed by atoms with van der Waals surface area (Å²) in [5.74, 6) is 0. The highest BCUT2D eigenvalue weighted by atomic mass is 16.6. The van der Waals surface area contributed by atoms with Crippen molar-refractivity contribution in [2.24, 2.45) is 0 Å². The molecule has 5 nitrogen and oxygen atoms in total. The van der Waals surface area contributed by atoms with Crippen molar-refractivity contribution < 1.29 is 14.6 Å². The minimum Gasteiger partial charge on any atom is -0.444 e. The van der Waals surface area contributed by atoms with Gasteiger partial charge in [-0.25, -0.2) is 9.80 Å². The number of carbonyl (C=O) groups is 1. The van der Waals surface area contributed by atoms with E-state index in [1.165, 1.54) is 11.9 Å². The molecule has 0 spiro atoms. The normalized spacial score (nSPS) is 12.8. The molecule has 1 amide bonds. The van der Waals surface area contributed by atoms with E-state index in [0.717, 1.165) is 0 Å². The molecule has 0 bridgehead atoms. The molecule has 0 saturated heterocycles. The number of hydrogen-bond donors (Lipinski definition) is 1. The molecule has 0 saturated carbocycles. The van der Waals surface area contributed by atoms with E-state index in [1.807, 2.05) is 0 Å². The molecule has 0 aromatic rings. The van der Waals surface area contributed by atoms with E-state index in [-0.39, 0.29) is 6.61 Å². The van der Waals surface area contributed by atoms with Gasteiger partial charge in [0.2, 0.25) is 0 Å². The van der Waals surface area contributed by atoms with E-state index in [0.29, 0.717) is 0 Å². The number of rotatable bonds is 3. The van der Waals surface area contributed by atoms with Gasteiger partial charge in [-0.3, -0.25) is 0 Å². The molecule has 65 valence electrons. The molecule has 0 heterocycles. The maximum Gasteiger partial charge on any atom is 0.445 e. The third-order valence-electron chi connectivity index (χ3n) is 0.730. The molecular formula is C6H13N2O3. The molecule has 1 N–H and O–H groups in total. The van der Waals surface area contributed by atoms with Crippen LogP contribution in [-0.4, -0.2) is 43.0 Å². The van der Waals surface area contributed by atoms with E-state index in [2.05, 4.69) is 10.2 Å². The fraction of sp³-hybridized carbons (Fsp3) is 0.833. The average Bonchev–Trinajstić information content (AvgIpc) is 1.82. The first-order chi connectivity index (χ1) is 5.02. The molecule has 1 radical (unpaired) electrons. The Labute approximate surface area is 65.9 Å². The topological polar surface area (TPSA) is 63.9 Å². The molecular weight excluding hydrogens is 148 g/mol. The highest BCUT2D eigenvalue weighted by Gasteiger charge is 2.06. The molecule has 0 aromatic carbocycles. The minimum absolute atomic E-state index is 0.0177. The Bertz CT molecular complexity index is 125. The van der Waals surface area contributed by atoms with Gasteiger partial charge in [0.1, 0.15) is 6.61 Å². The fourth-order valence-corrected chi connectivity index (χ4v) is 0.384. The Morgan fingerprint density at radius 3 is 2.64 bits per heavy atom. The third-order valence-corrected chi connectivity index (χ3v) is 0.730. The average molecular weight is 161 g/mol. The van der Waals surface area contributed by atoms with Gasteiger partial charge >= 0.3 is 6.09 Å². The van der Waals surface area contributed by atoms with Gasteiger partial charge in [0.05, 0.1) is 6.10 Å². The van der Waals surface area contributed by atoms with E-state index in [4.69, 9.17) is 5.11 Å². The van der Waals surface area contributed by atoms with Crippen molar-refractivity contribution in [2.75, 3.05) is 20.7 Å². The number of hydrogen-bond acceptors (Lipinski definition) is 4. The number of carbonyl (C=O) groups excluding carboxylic acids is 1. The van der Waals surface area contributed by atoms with E-state index in [9.17, 15) is 4.79 Å². The van der Waals surface area contributed by atoms with E-state index < -0.39 is 12.2 Å². The van der Waals surface area contributed by atoms with Gasteiger partial charge in [0.25, 0.3) is 0 Å². The summed E-state index contributed by atoms with van der Waals surface area (Å²) in [6.07, 6.45) is -1.33. The second kappa shape index (κ2) is 4.92. The molecule has 11 heavy (non-hydrogen) atoms. The van der Waals surface area contributed by atoms with Crippen LogP contribution in [0.3, 0.4) is 0 Å². The molecule has 1 atom stereocenters. The lowest BCUT2D eigenvalue weighted by Gasteiger charge is -2.09. The lowest BCUT2D eigenvalue weighted by atomic mass is 10.4. The maximum absolute atomic E-state index is 10.6. The summed E-state index contributed by atoms with van der Waals surface area (Å²) in [5.41, 5.74) is 3.41. The predicted octanol–water partition coefficient (Wildman–Crippen LogP) is -0.415. The van der Waals surface area contributed by atoms with Gasteiger partial charge in [0, 0.05) is 14.1 Å². The van der Waals surface area contributed by atoms with Gasteiger partial charge in [0.15, 0.2) is 0 Å². The SMILES string of the molecule is CC(O)COC(=O)[N]N(C)C. The van der Waals surface area contributed by atoms with Crippen molar-refractivity contribution >= 4 is 6.09 Å². The van der Waals surface area contributed by atoms with Crippen LogP contribution < -0.4 is 5.43 Å². The van der Waals surface area contributed by atoms with Gasteiger partial charge in [-0.1, -0.05) is 0 Å². The van der Waals surface area contributed by atoms with Crippen LogP contribution in [0.1, 0.15) is 6.92 Å². The highest BCUT2D eigenvalue weighted by Crippen LogP contribution is 1.85. The Balaban J connectivity index is 3.38. The van der Waals surface area contributed by atoms with Crippen molar-refractivity contribution in [3.63, 3.8) is 0 Å². The molecule has 0 rings (SSSR count). The summed E-state index contributed by atoms with van der Waals surface area (Å²) in [6, 6.07) is 0. The summed E-state index contributed by atoms with van der Waals surface area (Å²) in [5, 5.41) is 10.0. The van der Waals surface area contributed by atoms with Crippen LogP contribution in [0, 0.1) is 0 Å². The number of aliphatic hydroxyl groups is 1. The molecule has 0 aromatic heterocycles. The smallest absolute Gasteiger partial charge is 0.444 e. The van der Waals surface area contributed by atoms with Crippen LogP contribution in [0.15, 0.2) is 0 Å². The first-order valence-electron chi connectivity index (χ1n) is 3.26. The van der Waals surface area contributed by atoms with Crippen LogP contribution >= 0.6 is 0 Å². The number of aliphatic hydroxyl groups excluding tert-OH is 1. The second-order valence-electron chi connectivity index (χ2n) is 2.37. The summed E-state index contributed by atoms with van der Waals surface area (Å²) in [6.45, 7) is 1.51. The molecule has 0 fully saturated rings. The zero-order valence-electron chi connectivity index (χ0n) is 6.94. The zero-order valence-corrected chi connectivity index (χ0v) is 6.94. The molecule has 1 unspecified atom stereocenters. The number of ether oxygens (including phenoxy) is 1. The van der Waals surface area contributed by atoms with Gasteiger partial charge in [-0.15, -0.1) is 5.43 Å². The molecule has 0 aliphatic carbocycles. The lowest BCUT2D eigenvalue weighted by molar-refractivity contribution is 0.0660. The Kier molecular flexibility index (Phi) is 4.56. The Morgan fingerprint density at radius 2 is 2.27 bits per heavy atom. The molecule has 0 aliphatic rings. The monoisotopic (exact) mass is 161 g/mol.